The lowest BCUT2D eigenvalue weighted by Crippen LogP contribution is -1.89. The molecule has 0 bridgehead atoms. The molecule has 3 heteroatoms. The maximum Gasteiger partial charge on any atom is 0.150 e. The van der Waals surface area contributed by atoms with E-state index in [9.17, 15) is 0 Å². The van der Waals surface area contributed by atoms with Crippen molar-refractivity contribution in [1.29, 1.82) is 0 Å². The van der Waals surface area contributed by atoms with E-state index < -0.39 is 0 Å². The van der Waals surface area contributed by atoms with Crippen molar-refractivity contribution in [2.24, 2.45) is 0 Å². The number of rotatable bonds is 6. The summed E-state index contributed by atoms with van der Waals surface area (Å²) in [6.07, 6.45) is 6.78. The van der Waals surface area contributed by atoms with Crippen LogP contribution in [0, 0.1) is 0 Å². The fraction of sp³-hybridized carbons (Fsp3) is 0.727. The van der Waals surface area contributed by atoms with Crippen molar-refractivity contribution in [3.05, 3.63) is 16.7 Å². The van der Waals surface area contributed by atoms with Crippen LogP contribution < -0.4 is 0 Å². The van der Waals surface area contributed by atoms with Gasteiger partial charge in [-0.3, -0.25) is 0 Å². The maximum atomic E-state index is 6.02. The monoisotopic (exact) mass is 214 g/mol. The van der Waals surface area contributed by atoms with Crippen molar-refractivity contribution in [2.45, 2.75) is 52.4 Å². The minimum absolute atomic E-state index is 0.671. The Morgan fingerprint density at radius 3 is 2.43 bits per heavy atom. The average Bonchev–Trinajstić information content (AvgIpc) is 2.53. The molecule has 0 unspecified atom stereocenters. The first-order valence-corrected chi connectivity index (χ1v) is 5.89. The summed E-state index contributed by atoms with van der Waals surface area (Å²) in [4.78, 5) is 7.62. The van der Waals surface area contributed by atoms with Gasteiger partial charge in [0.15, 0.2) is 0 Å². The predicted molar refractivity (Wildman–Crippen MR) is 60.8 cm³/mol. The van der Waals surface area contributed by atoms with Gasteiger partial charge in [-0.25, -0.2) is 4.98 Å². The number of hydrogen-bond donors (Lipinski definition) is 1. The summed E-state index contributed by atoms with van der Waals surface area (Å²) in [5.41, 5.74) is 1.11. The molecule has 1 aromatic heterocycles. The molecule has 0 spiro atoms. The second-order valence-corrected chi connectivity index (χ2v) is 4.02. The summed E-state index contributed by atoms with van der Waals surface area (Å²) in [5.74, 6) is 1.04. The third kappa shape index (κ3) is 3.33. The number of aromatic amines is 1. The number of H-pyrrole nitrogens is 1. The lowest BCUT2D eigenvalue weighted by molar-refractivity contribution is 0.749. The van der Waals surface area contributed by atoms with Crippen LogP contribution in [-0.4, -0.2) is 9.97 Å². The lowest BCUT2D eigenvalue weighted by atomic mass is 10.2. The number of hydrogen-bond acceptors (Lipinski definition) is 1. The molecular weight excluding hydrogens is 196 g/mol. The van der Waals surface area contributed by atoms with Crippen LogP contribution in [0.3, 0.4) is 0 Å². The number of halogens is 1. The SMILES string of the molecule is CCCCc1nc(Cl)c(CCCC)[nH]1. The van der Waals surface area contributed by atoms with Crippen LogP contribution in [0.25, 0.3) is 0 Å². The quantitative estimate of drug-likeness (QED) is 0.768. The van der Waals surface area contributed by atoms with Crippen LogP contribution in [0.2, 0.25) is 5.15 Å². The zero-order valence-corrected chi connectivity index (χ0v) is 9.82. The number of nitrogens with one attached hydrogen (secondary N) is 1. The number of aryl methyl sites for hydroxylation is 2. The lowest BCUT2D eigenvalue weighted by Gasteiger charge is -1.95. The Hall–Kier alpha value is -0.500. The molecule has 0 fully saturated rings. The minimum Gasteiger partial charge on any atom is -0.345 e. The molecule has 0 radical (unpaired) electrons. The Morgan fingerprint density at radius 2 is 1.79 bits per heavy atom. The summed E-state index contributed by atoms with van der Waals surface area (Å²) >= 11 is 6.02. The molecule has 0 saturated carbocycles. The van der Waals surface area contributed by atoms with Crippen molar-refractivity contribution >= 4 is 11.6 Å². The fourth-order valence-corrected chi connectivity index (χ4v) is 1.67. The van der Waals surface area contributed by atoms with Gasteiger partial charge >= 0.3 is 0 Å². The second kappa shape index (κ2) is 6.07. The Labute approximate surface area is 91.1 Å². The van der Waals surface area contributed by atoms with E-state index in [0.29, 0.717) is 5.15 Å². The molecule has 2 nitrogen and oxygen atoms in total. The highest BCUT2D eigenvalue weighted by Crippen LogP contribution is 2.16. The van der Waals surface area contributed by atoms with Crippen molar-refractivity contribution in [2.75, 3.05) is 0 Å². The van der Waals surface area contributed by atoms with Gasteiger partial charge in [0, 0.05) is 6.42 Å². The standard InChI is InChI=1S/C11H19ClN2/c1-3-5-7-9-11(12)14-10(13-9)8-6-4-2/h3-8H2,1-2H3,(H,13,14). The molecule has 0 amide bonds. The highest BCUT2D eigenvalue weighted by atomic mass is 35.5. The van der Waals surface area contributed by atoms with Gasteiger partial charge in [-0.15, -0.1) is 0 Å². The van der Waals surface area contributed by atoms with E-state index >= 15 is 0 Å². The zero-order valence-electron chi connectivity index (χ0n) is 9.07. The molecule has 0 aliphatic carbocycles. The molecule has 0 aliphatic heterocycles. The van der Waals surface area contributed by atoms with E-state index in [1.807, 2.05) is 0 Å². The Morgan fingerprint density at radius 1 is 1.14 bits per heavy atom. The molecule has 0 aromatic carbocycles. The molecule has 14 heavy (non-hydrogen) atoms. The van der Waals surface area contributed by atoms with E-state index in [1.54, 1.807) is 0 Å². The molecule has 1 heterocycles. The first-order valence-electron chi connectivity index (χ1n) is 5.51. The zero-order chi connectivity index (χ0) is 10.4. The summed E-state index contributed by atoms with van der Waals surface area (Å²) in [6, 6.07) is 0. The molecule has 0 atom stereocenters. The summed E-state index contributed by atoms with van der Waals surface area (Å²) < 4.78 is 0. The van der Waals surface area contributed by atoms with Crippen LogP contribution in [0.1, 0.15) is 51.0 Å². The number of unbranched alkanes of at least 4 members (excludes halogenated alkanes) is 2. The van der Waals surface area contributed by atoms with E-state index in [-0.39, 0.29) is 0 Å². The average molecular weight is 215 g/mol. The molecule has 1 N–H and O–H groups in total. The van der Waals surface area contributed by atoms with Gasteiger partial charge in [-0.05, 0) is 19.3 Å². The Kier molecular flexibility index (Phi) is 5.02. The van der Waals surface area contributed by atoms with Gasteiger partial charge in [-0.2, -0.15) is 0 Å². The summed E-state index contributed by atoms with van der Waals surface area (Å²) in [6.45, 7) is 4.37. The molecule has 1 aromatic rings. The number of aromatic nitrogens is 2. The Balaban J connectivity index is 2.53. The third-order valence-electron chi connectivity index (χ3n) is 2.32. The van der Waals surface area contributed by atoms with Crippen molar-refractivity contribution in [3.8, 4) is 0 Å². The largest absolute Gasteiger partial charge is 0.345 e. The number of nitrogens with zero attached hydrogens (tertiary/aromatic N) is 1. The normalized spacial score (nSPS) is 10.8. The van der Waals surface area contributed by atoms with Crippen LogP contribution in [-0.2, 0) is 12.8 Å². The highest BCUT2D eigenvalue weighted by molar-refractivity contribution is 6.30. The molecule has 1 rings (SSSR count). The molecule has 0 saturated heterocycles. The topological polar surface area (TPSA) is 28.7 Å². The van der Waals surface area contributed by atoms with E-state index in [0.717, 1.165) is 24.4 Å². The first-order chi connectivity index (χ1) is 6.77. The van der Waals surface area contributed by atoms with Gasteiger partial charge in [0.05, 0.1) is 5.69 Å². The van der Waals surface area contributed by atoms with Gasteiger partial charge in [0.2, 0.25) is 0 Å². The van der Waals surface area contributed by atoms with Crippen LogP contribution in [0.5, 0.6) is 0 Å². The van der Waals surface area contributed by atoms with Gasteiger partial charge in [0.1, 0.15) is 11.0 Å². The van der Waals surface area contributed by atoms with Gasteiger partial charge in [0.25, 0.3) is 0 Å². The van der Waals surface area contributed by atoms with Crippen molar-refractivity contribution in [1.82, 2.24) is 9.97 Å². The smallest absolute Gasteiger partial charge is 0.150 e. The highest BCUT2D eigenvalue weighted by Gasteiger charge is 2.06. The van der Waals surface area contributed by atoms with E-state index in [4.69, 9.17) is 11.6 Å². The van der Waals surface area contributed by atoms with Crippen LogP contribution in [0.4, 0.5) is 0 Å². The Bertz CT molecular complexity index is 268. The number of imidazole rings is 1. The second-order valence-electron chi connectivity index (χ2n) is 3.66. The van der Waals surface area contributed by atoms with E-state index in [2.05, 4.69) is 23.8 Å². The molecule has 0 aliphatic rings. The molecular formula is C11H19ClN2. The predicted octanol–water partition coefficient (Wildman–Crippen LogP) is 3.75. The summed E-state index contributed by atoms with van der Waals surface area (Å²) in [5, 5.41) is 0.671. The van der Waals surface area contributed by atoms with Crippen LogP contribution in [0.15, 0.2) is 0 Å². The molecule has 80 valence electrons. The van der Waals surface area contributed by atoms with Gasteiger partial charge in [-0.1, -0.05) is 38.3 Å². The fourth-order valence-electron chi connectivity index (χ4n) is 1.42. The first kappa shape index (κ1) is 11.6. The van der Waals surface area contributed by atoms with Crippen molar-refractivity contribution in [3.63, 3.8) is 0 Å². The maximum absolute atomic E-state index is 6.02. The van der Waals surface area contributed by atoms with E-state index in [1.165, 1.54) is 25.7 Å². The van der Waals surface area contributed by atoms with Crippen molar-refractivity contribution < 1.29 is 0 Å². The van der Waals surface area contributed by atoms with Crippen LogP contribution >= 0.6 is 11.6 Å². The van der Waals surface area contributed by atoms with Gasteiger partial charge < -0.3 is 4.98 Å². The third-order valence-corrected chi connectivity index (χ3v) is 2.64. The summed E-state index contributed by atoms with van der Waals surface area (Å²) in [7, 11) is 0. The minimum atomic E-state index is 0.671.